The van der Waals surface area contributed by atoms with Gasteiger partial charge in [0, 0.05) is 15.0 Å². The van der Waals surface area contributed by atoms with Crippen LogP contribution in [0.15, 0.2) is 27.1 Å². The smallest absolute Gasteiger partial charge is 0.0208 e. The zero-order valence-corrected chi connectivity index (χ0v) is 13.1. The van der Waals surface area contributed by atoms with Gasteiger partial charge in [-0.1, -0.05) is 45.7 Å². The summed E-state index contributed by atoms with van der Waals surface area (Å²) in [6.07, 6.45) is 3.60. The molecule has 1 aromatic carbocycles. The van der Waals surface area contributed by atoms with Crippen molar-refractivity contribution < 1.29 is 0 Å². The highest BCUT2D eigenvalue weighted by Crippen LogP contribution is 2.22. The molecular formula is C13H19Br2N. The van der Waals surface area contributed by atoms with Crippen LogP contribution in [-0.2, 0) is 6.42 Å². The number of hydrogen-bond donors (Lipinski definition) is 1. The van der Waals surface area contributed by atoms with Gasteiger partial charge in [0.1, 0.15) is 0 Å². The van der Waals surface area contributed by atoms with Gasteiger partial charge in [-0.3, -0.25) is 0 Å². The Bertz CT molecular complexity index is 324. The van der Waals surface area contributed by atoms with Gasteiger partial charge in [0.25, 0.3) is 0 Å². The number of aryl methyl sites for hydroxylation is 1. The van der Waals surface area contributed by atoms with Crippen molar-refractivity contribution in [1.29, 1.82) is 0 Å². The number of rotatable bonds is 6. The van der Waals surface area contributed by atoms with E-state index in [1.807, 2.05) is 0 Å². The maximum Gasteiger partial charge on any atom is 0.0208 e. The van der Waals surface area contributed by atoms with Crippen LogP contribution in [0.25, 0.3) is 0 Å². The molecule has 0 heterocycles. The lowest BCUT2D eigenvalue weighted by atomic mass is 10.1. The minimum absolute atomic E-state index is 0.595. The quantitative estimate of drug-likeness (QED) is 0.744. The van der Waals surface area contributed by atoms with Gasteiger partial charge in [0.05, 0.1) is 0 Å². The number of nitrogens with one attached hydrogen (secondary N) is 1. The van der Waals surface area contributed by atoms with Gasteiger partial charge in [-0.05, 0) is 49.6 Å². The van der Waals surface area contributed by atoms with Crippen LogP contribution in [0.4, 0.5) is 0 Å². The van der Waals surface area contributed by atoms with Crippen molar-refractivity contribution in [3.05, 3.63) is 32.7 Å². The topological polar surface area (TPSA) is 12.0 Å². The van der Waals surface area contributed by atoms with E-state index in [1.54, 1.807) is 0 Å². The first-order chi connectivity index (χ1) is 7.59. The molecule has 0 saturated heterocycles. The summed E-state index contributed by atoms with van der Waals surface area (Å²) in [5.41, 5.74) is 1.39. The van der Waals surface area contributed by atoms with Gasteiger partial charge < -0.3 is 5.32 Å². The molecule has 0 aliphatic carbocycles. The Morgan fingerprint density at radius 1 is 1.19 bits per heavy atom. The molecule has 0 aliphatic heterocycles. The largest absolute Gasteiger partial charge is 0.315 e. The van der Waals surface area contributed by atoms with Crippen LogP contribution in [0.3, 0.4) is 0 Å². The molecule has 0 atom stereocenters. The molecule has 16 heavy (non-hydrogen) atoms. The summed E-state index contributed by atoms with van der Waals surface area (Å²) in [5.74, 6) is 0. The lowest BCUT2D eigenvalue weighted by Crippen LogP contribution is -2.23. The number of benzene rings is 1. The molecule has 90 valence electrons. The minimum Gasteiger partial charge on any atom is -0.315 e. The summed E-state index contributed by atoms with van der Waals surface area (Å²) >= 11 is 7.09. The van der Waals surface area contributed by atoms with Gasteiger partial charge in [-0.2, -0.15) is 0 Å². The van der Waals surface area contributed by atoms with Gasteiger partial charge in [0.15, 0.2) is 0 Å². The molecule has 1 rings (SSSR count). The minimum atomic E-state index is 0.595. The Balaban J connectivity index is 2.29. The molecule has 1 N–H and O–H groups in total. The van der Waals surface area contributed by atoms with Crippen molar-refractivity contribution >= 4 is 31.9 Å². The highest BCUT2D eigenvalue weighted by atomic mass is 79.9. The van der Waals surface area contributed by atoms with E-state index in [0.717, 1.165) is 17.4 Å². The summed E-state index contributed by atoms with van der Waals surface area (Å²) in [6.45, 7) is 5.49. The predicted molar refractivity (Wildman–Crippen MR) is 77.9 cm³/mol. The SMILES string of the molecule is CC(C)NCCCCc1cc(Br)ccc1Br. The highest BCUT2D eigenvalue weighted by molar-refractivity contribution is 9.11. The number of halogens is 2. The fourth-order valence-corrected chi connectivity index (χ4v) is 2.42. The molecule has 1 aromatic rings. The average molecular weight is 349 g/mol. The molecule has 0 fully saturated rings. The first-order valence-corrected chi connectivity index (χ1v) is 7.35. The van der Waals surface area contributed by atoms with Crippen LogP contribution >= 0.6 is 31.9 Å². The standard InChI is InChI=1S/C13H19Br2N/c1-10(2)16-8-4-3-5-11-9-12(14)6-7-13(11)15/h6-7,9-10,16H,3-5,8H2,1-2H3. The highest BCUT2D eigenvalue weighted by Gasteiger charge is 2.00. The number of hydrogen-bond acceptors (Lipinski definition) is 1. The van der Waals surface area contributed by atoms with Crippen LogP contribution in [0.5, 0.6) is 0 Å². The molecule has 0 aliphatic rings. The fraction of sp³-hybridized carbons (Fsp3) is 0.538. The Labute approximate surface area is 115 Å². The summed E-state index contributed by atoms with van der Waals surface area (Å²) in [5, 5.41) is 3.44. The van der Waals surface area contributed by atoms with Gasteiger partial charge in [0.2, 0.25) is 0 Å². The Morgan fingerprint density at radius 3 is 2.62 bits per heavy atom. The van der Waals surface area contributed by atoms with E-state index in [1.165, 1.54) is 22.9 Å². The van der Waals surface area contributed by atoms with Gasteiger partial charge in [-0.25, -0.2) is 0 Å². The van der Waals surface area contributed by atoms with E-state index in [2.05, 4.69) is 69.2 Å². The van der Waals surface area contributed by atoms with Crippen molar-refractivity contribution in [1.82, 2.24) is 5.32 Å². The fourth-order valence-electron chi connectivity index (χ4n) is 1.57. The summed E-state index contributed by atoms with van der Waals surface area (Å²) in [6, 6.07) is 6.96. The van der Waals surface area contributed by atoms with Crippen molar-refractivity contribution in [2.45, 2.75) is 39.2 Å². The first kappa shape index (κ1) is 14.2. The Morgan fingerprint density at radius 2 is 1.94 bits per heavy atom. The summed E-state index contributed by atoms with van der Waals surface area (Å²) in [7, 11) is 0. The molecule has 0 spiro atoms. The van der Waals surface area contributed by atoms with Gasteiger partial charge >= 0.3 is 0 Å². The number of unbranched alkanes of at least 4 members (excludes halogenated alkanes) is 1. The summed E-state index contributed by atoms with van der Waals surface area (Å²) in [4.78, 5) is 0. The second-order valence-corrected chi connectivity index (χ2v) is 6.07. The second kappa shape index (κ2) is 7.46. The third-order valence-corrected chi connectivity index (χ3v) is 3.70. The van der Waals surface area contributed by atoms with Crippen LogP contribution in [0, 0.1) is 0 Å². The Hall–Kier alpha value is 0.140. The van der Waals surface area contributed by atoms with Crippen molar-refractivity contribution in [2.75, 3.05) is 6.54 Å². The van der Waals surface area contributed by atoms with Crippen LogP contribution in [0.2, 0.25) is 0 Å². The zero-order valence-electron chi connectivity index (χ0n) is 9.89. The van der Waals surface area contributed by atoms with Crippen LogP contribution in [0.1, 0.15) is 32.3 Å². The molecule has 3 heteroatoms. The maximum atomic E-state index is 3.59. The predicted octanol–water partition coefficient (Wildman–Crippen LogP) is 4.53. The molecule has 1 nitrogen and oxygen atoms in total. The van der Waals surface area contributed by atoms with E-state index < -0.39 is 0 Å². The lowest BCUT2D eigenvalue weighted by Gasteiger charge is -2.08. The van der Waals surface area contributed by atoms with Gasteiger partial charge in [-0.15, -0.1) is 0 Å². The molecular weight excluding hydrogens is 330 g/mol. The normalized spacial score (nSPS) is 11.1. The molecule has 0 aromatic heterocycles. The second-order valence-electron chi connectivity index (χ2n) is 4.30. The Kier molecular flexibility index (Phi) is 6.62. The van der Waals surface area contributed by atoms with E-state index in [-0.39, 0.29) is 0 Å². The monoisotopic (exact) mass is 347 g/mol. The zero-order chi connectivity index (χ0) is 12.0. The molecule has 0 amide bonds. The molecule has 0 unspecified atom stereocenters. The first-order valence-electron chi connectivity index (χ1n) is 5.77. The van der Waals surface area contributed by atoms with E-state index in [0.29, 0.717) is 6.04 Å². The average Bonchev–Trinajstić information content (AvgIpc) is 2.22. The third-order valence-electron chi connectivity index (χ3n) is 2.43. The van der Waals surface area contributed by atoms with E-state index in [4.69, 9.17) is 0 Å². The van der Waals surface area contributed by atoms with Crippen LogP contribution < -0.4 is 5.32 Å². The third kappa shape index (κ3) is 5.46. The lowest BCUT2D eigenvalue weighted by molar-refractivity contribution is 0.557. The van der Waals surface area contributed by atoms with Crippen molar-refractivity contribution in [2.24, 2.45) is 0 Å². The molecule has 0 saturated carbocycles. The molecule has 0 bridgehead atoms. The van der Waals surface area contributed by atoms with Crippen LogP contribution in [-0.4, -0.2) is 12.6 Å². The van der Waals surface area contributed by atoms with E-state index in [9.17, 15) is 0 Å². The van der Waals surface area contributed by atoms with E-state index >= 15 is 0 Å². The molecule has 0 radical (unpaired) electrons. The maximum absolute atomic E-state index is 3.59. The van der Waals surface area contributed by atoms with Crippen molar-refractivity contribution in [3.8, 4) is 0 Å². The summed E-state index contributed by atoms with van der Waals surface area (Å²) < 4.78 is 2.37. The van der Waals surface area contributed by atoms with Crippen molar-refractivity contribution in [3.63, 3.8) is 0 Å².